The van der Waals surface area contributed by atoms with E-state index in [1.165, 1.54) is 66.3 Å². The third kappa shape index (κ3) is 6.11. The molecule has 0 bridgehead atoms. The maximum atomic E-state index is 4.30. The van der Waals surface area contributed by atoms with E-state index in [9.17, 15) is 0 Å². The second kappa shape index (κ2) is 15.1. The molecule has 0 spiro atoms. The van der Waals surface area contributed by atoms with Gasteiger partial charge in [0.25, 0.3) is 0 Å². The molecule has 2 nitrogen and oxygen atoms in total. The van der Waals surface area contributed by atoms with Gasteiger partial charge in [-0.3, -0.25) is 0 Å². The Morgan fingerprint density at radius 2 is 1.31 bits per heavy atom. The first kappa shape index (κ1) is 33.3. The highest BCUT2D eigenvalue weighted by Gasteiger charge is 2.23. The normalized spacial score (nSPS) is 11.9. The quantitative estimate of drug-likeness (QED) is 0.110. The first-order chi connectivity index (χ1) is 24.1. The SMILES string of the molecule is C=C/C(=C(\C=C/C)n1c(CC)c(CCC)c2cc3c(cc21)c1ccccc1n3-c1ccccc1-c1ccccc1)c1ccccc1.C=CC. The maximum absolute atomic E-state index is 4.30. The highest BCUT2D eigenvalue weighted by atomic mass is 15.0. The van der Waals surface area contributed by atoms with Crippen molar-refractivity contribution in [3.63, 3.8) is 0 Å². The van der Waals surface area contributed by atoms with Crippen molar-refractivity contribution in [3.05, 3.63) is 176 Å². The van der Waals surface area contributed by atoms with E-state index in [-0.39, 0.29) is 0 Å². The van der Waals surface area contributed by atoms with Gasteiger partial charge < -0.3 is 9.13 Å². The van der Waals surface area contributed by atoms with E-state index in [4.69, 9.17) is 0 Å². The predicted octanol–water partition coefficient (Wildman–Crippen LogP) is 13.2. The summed E-state index contributed by atoms with van der Waals surface area (Å²) < 4.78 is 5.00. The van der Waals surface area contributed by atoms with Crippen molar-refractivity contribution in [2.75, 3.05) is 0 Å². The average Bonchev–Trinajstić information content (AvgIpc) is 3.63. The van der Waals surface area contributed by atoms with E-state index < -0.39 is 0 Å². The minimum Gasteiger partial charge on any atom is -0.313 e. The smallest absolute Gasteiger partial charge is 0.0548 e. The van der Waals surface area contributed by atoms with Gasteiger partial charge in [-0.1, -0.05) is 142 Å². The predicted molar refractivity (Wildman–Crippen MR) is 216 cm³/mol. The molecule has 2 heterocycles. The van der Waals surface area contributed by atoms with Gasteiger partial charge in [0.1, 0.15) is 0 Å². The molecule has 5 aromatic carbocycles. The van der Waals surface area contributed by atoms with Crippen molar-refractivity contribution >= 4 is 44.0 Å². The van der Waals surface area contributed by atoms with E-state index in [0.717, 1.165) is 30.5 Å². The first-order valence-corrected chi connectivity index (χ1v) is 17.5. The number of fused-ring (bicyclic) bond motifs is 4. The Balaban J connectivity index is 0.00000134. The Bertz CT molecular complexity index is 2310. The lowest BCUT2D eigenvalue weighted by Crippen LogP contribution is -2.04. The van der Waals surface area contributed by atoms with E-state index in [1.54, 1.807) is 6.08 Å². The van der Waals surface area contributed by atoms with E-state index in [1.807, 2.05) is 13.0 Å². The zero-order chi connectivity index (χ0) is 34.3. The Hall–Kier alpha value is -5.60. The largest absolute Gasteiger partial charge is 0.313 e. The fourth-order valence-corrected chi connectivity index (χ4v) is 7.26. The van der Waals surface area contributed by atoms with Crippen molar-refractivity contribution in [2.24, 2.45) is 0 Å². The lowest BCUT2D eigenvalue weighted by molar-refractivity contribution is 0.880. The zero-order valence-electron chi connectivity index (χ0n) is 29.3. The van der Waals surface area contributed by atoms with Crippen LogP contribution in [-0.4, -0.2) is 9.13 Å². The summed E-state index contributed by atoms with van der Waals surface area (Å²) in [6.07, 6.45) is 11.2. The van der Waals surface area contributed by atoms with E-state index >= 15 is 0 Å². The minimum atomic E-state index is 0.937. The molecule has 0 unspecified atom stereocenters. The van der Waals surface area contributed by atoms with Crippen LogP contribution in [0.15, 0.2) is 159 Å². The number of aryl methyl sites for hydroxylation is 1. The summed E-state index contributed by atoms with van der Waals surface area (Å²) >= 11 is 0. The number of hydrogen-bond donors (Lipinski definition) is 0. The molecule has 0 saturated carbocycles. The summed E-state index contributed by atoms with van der Waals surface area (Å²) in [7, 11) is 0. The number of para-hydroxylation sites is 2. The second-order valence-corrected chi connectivity index (χ2v) is 12.3. The molecule has 0 radical (unpaired) electrons. The van der Waals surface area contributed by atoms with E-state index in [2.05, 4.69) is 177 Å². The Kier molecular flexibility index (Phi) is 10.3. The molecule has 2 heteroatoms. The summed E-state index contributed by atoms with van der Waals surface area (Å²) in [6.45, 7) is 16.2. The molecule has 0 aliphatic carbocycles. The lowest BCUT2D eigenvalue weighted by atomic mass is 10.0. The topological polar surface area (TPSA) is 9.86 Å². The molecule has 0 aliphatic rings. The van der Waals surface area contributed by atoms with Crippen LogP contribution in [-0.2, 0) is 12.8 Å². The first-order valence-electron chi connectivity index (χ1n) is 17.5. The molecular formula is C47H46N2. The third-order valence-electron chi connectivity index (χ3n) is 9.17. The number of allylic oxidation sites excluding steroid dienone is 6. The molecule has 0 aliphatic heterocycles. The molecule has 7 aromatic rings. The van der Waals surface area contributed by atoms with Gasteiger partial charge in [-0.05, 0) is 73.7 Å². The monoisotopic (exact) mass is 638 g/mol. The number of hydrogen-bond acceptors (Lipinski definition) is 0. The van der Waals surface area contributed by atoms with Crippen molar-refractivity contribution in [2.45, 2.75) is 47.0 Å². The van der Waals surface area contributed by atoms with Crippen LogP contribution < -0.4 is 0 Å². The summed E-state index contributed by atoms with van der Waals surface area (Å²) in [5.74, 6) is 0. The van der Waals surface area contributed by atoms with Crippen molar-refractivity contribution < 1.29 is 0 Å². The average molecular weight is 639 g/mol. The summed E-state index contributed by atoms with van der Waals surface area (Å²) in [6, 6.07) is 44.0. The molecule has 0 N–H and O–H groups in total. The van der Waals surface area contributed by atoms with Crippen LogP contribution in [0.3, 0.4) is 0 Å². The number of nitrogens with zero attached hydrogens (tertiary/aromatic N) is 2. The van der Waals surface area contributed by atoms with Crippen molar-refractivity contribution in [1.29, 1.82) is 0 Å². The zero-order valence-corrected chi connectivity index (χ0v) is 29.3. The summed E-state index contributed by atoms with van der Waals surface area (Å²) in [5, 5.41) is 3.84. The van der Waals surface area contributed by atoms with Gasteiger partial charge in [0.05, 0.1) is 27.9 Å². The number of benzene rings is 5. The van der Waals surface area contributed by atoms with Gasteiger partial charge in [0.2, 0.25) is 0 Å². The molecule has 2 aromatic heterocycles. The Morgan fingerprint density at radius 3 is 1.98 bits per heavy atom. The summed E-state index contributed by atoms with van der Waals surface area (Å²) in [4.78, 5) is 0. The van der Waals surface area contributed by atoms with Gasteiger partial charge in [-0.25, -0.2) is 0 Å². The van der Waals surface area contributed by atoms with Gasteiger partial charge >= 0.3 is 0 Å². The van der Waals surface area contributed by atoms with E-state index in [0.29, 0.717) is 0 Å². The fourth-order valence-electron chi connectivity index (χ4n) is 7.26. The molecule has 244 valence electrons. The molecule has 0 atom stereocenters. The van der Waals surface area contributed by atoms with Crippen LogP contribution >= 0.6 is 0 Å². The molecule has 49 heavy (non-hydrogen) atoms. The maximum Gasteiger partial charge on any atom is 0.0548 e. The highest BCUT2D eigenvalue weighted by Crippen LogP contribution is 2.42. The standard InChI is InChI=1S/C44H40N2.C3H6/c1-5-19-35-37-29-44-38(30-43(37)45(39(35)8-4)40(20-6-2)33(7-3)31-21-11-9-12-22-31)36-26-16-18-28-42(36)46(44)41-27-17-15-25-34(41)32-23-13-10-14-24-32;1-3-2/h6-7,9-18,20-30H,3,5,8,19H2,1-2,4H3;3H,1H2,2H3/b20-6-,40-33-;. The molecule has 7 rings (SSSR count). The molecular weight excluding hydrogens is 593 g/mol. The van der Waals surface area contributed by atoms with Crippen LogP contribution in [0.4, 0.5) is 0 Å². The van der Waals surface area contributed by atoms with Crippen molar-refractivity contribution in [3.8, 4) is 16.8 Å². The third-order valence-corrected chi connectivity index (χ3v) is 9.17. The van der Waals surface area contributed by atoms with Crippen LogP contribution in [0.2, 0.25) is 0 Å². The number of aromatic nitrogens is 2. The van der Waals surface area contributed by atoms with Crippen molar-refractivity contribution in [1.82, 2.24) is 9.13 Å². The summed E-state index contributed by atoms with van der Waals surface area (Å²) in [5.41, 5.74) is 13.6. The minimum absolute atomic E-state index is 0.937. The molecule has 0 amide bonds. The molecule has 0 fully saturated rings. The van der Waals surface area contributed by atoms with Crippen LogP contribution in [0.25, 0.3) is 60.8 Å². The molecule has 0 saturated heterocycles. The fraction of sp³-hybridized carbons (Fsp3) is 0.149. The van der Waals surface area contributed by atoms with Gasteiger partial charge in [-0.2, -0.15) is 0 Å². The van der Waals surface area contributed by atoms with Gasteiger partial charge in [0.15, 0.2) is 0 Å². The lowest BCUT2D eigenvalue weighted by Gasteiger charge is -2.17. The van der Waals surface area contributed by atoms with Crippen LogP contribution in [0.1, 0.15) is 50.9 Å². The highest BCUT2D eigenvalue weighted by molar-refractivity contribution is 6.15. The number of rotatable bonds is 9. The van der Waals surface area contributed by atoms with Gasteiger partial charge in [0, 0.05) is 33.0 Å². The Morgan fingerprint density at radius 1 is 0.673 bits per heavy atom. The second-order valence-electron chi connectivity index (χ2n) is 12.3. The van der Waals surface area contributed by atoms with Gasteiger partial charge in [-0.15, -0.1) is 6.58 Å². The Labute approximate surface area is 291 Å². The van der Waals surface area contributed by atoms with Crippen LogP contribution in [0.5, 0.6) is 0 Å². The van der Waals surface area contributed by atoms with Crippen LogP contribution in [0, 0.1) is 0 Å².